The molecular weight excluding hydrogens is 248 g/mol. The molecule has 2 N–H and O–H groups in total. The number of aromatic nitrogens is 2. The molecule has 112 valence electrons. The average Bonchev–Trinajstić information content (AvgIpc) is 2.24. The Morgan fingerprint density at radius 3 is 2.30 bits per heavy atom. The summed E-state index contributed by atoms with van der Waals surface area (Å²) in [7, 11) is 0. The Balaban J connectivity index is 2.11. The third-order valence-electron chi connectivity index (χ3n) is 3.82. The first-order chi connectivity index (χ1) is 9.17. The van der Waals surface area contributed by atoms with Gasteiger partial charge in [-0.05, 0) is 46.5 Å². The fraction of sp³-hybridized carbons (Fsp3) is 0.750. The molecule has 1 aromatic heterocycles. The maximum atomic E-state index is 4.37. The van der Waals surface area contributed by atoms with Gasteiger partial charge >= 0.3 is 0 Å². The van der Waals surface area contributed by atoms with Crippen LogP contribution in [0.4, 0.5) is 5.82 Å². The predicted octanol–water partition coefficient (Wildman–Crippen LogP) is 3.32. The summed E-state index contributed by atoms with van der Waals surface area (Å²) in [6, 6.07) is 2.52. The van der Waals surface area contributed by atoms with Gasteiger partial charge in [-0.25, -0.2) is 9.97 Å². The largest absolute Gasteiger partial charge is 0.367 e. The van der Waals surface area contributed by atoms with E-state index in [1.807, 2.05) is 0 Å². The SMILES string of the molecule is CC(C)c1cc(NC2CC(C)(C)NC(C)(C)C2)ncn1. The monoisotopic (exact) mass is 276 g/mol. The van der Waals surface area contributed by atoms with E-state index in [0.717, 1.165) is 24.4 Å². The third kappa shape index (κ3) is 3.92. The molecule has 0 unspecified atom stereocenters. The first-order valence-electron chi connectivity index (χ1n) is 7.55. The third-order valence-corrected chi connectivity index (χ3v) is 3.82. The Labute approximate surface area is 122 Å². The maximum Gasteiger partial charge on any atom is 0.129 e. The van der Waals surface area contributed by atoms with Gasteiger partial charge in [0.1, 0.15) is 12.1 Å². The summed E-state index contributed by atoms with van der Waals surface area (Å²) in [5.74, 6) is 1.38. The van der Waals surface area contributed by atoms with Gasteiger partial charge in [-0.2, -0.15) is 0 Å². The Hall–Kier alpha value is -1.16. The number of nitrogens with zero attached hydrogens (tertiary/aromatic N) is 2. The molecule has 0 radical (unpaired) electrons. The average molecular weight is 276 g/mol. The summed E-state index contributed by atoms with van der Waals surface area (Å²) in [6.45, 7) is 13.4. The molecule has 0 aliphatic carbocycles. The molecule has 2 rings (SSSR count). The normalized spacial score (nSPS) is 21.9. The molecule has 1 aliphatic rings. The van der Waals surface area contributed by atoms with Crippen LogP contribution < -0.4 is 10.6 Å². The molecule has 0 spiro atoms. The lowest BCUT2D eigenvalue weighted by atomic mass is 9.79. The summed E-state index contributed by atoms with van der Waals surface area (Å²) in [4.78, 5) is 8.69. The molecule has 20 heavy (non-hydrogen) atoms. The molecule has 1 aromatic rings. The molecule has 0 saturated carbocycles. The van der Waals surface area contributed by atoms with Gasteiger partial charge in [-0.15, -0.1) is 0 Å². The van der Waals surface area contributed by atoms with E-state index < -0.39 is 0 Å². The Morgan fingerprint density at radius 2 is 1.75 bits per heavy atom. The summed E-state index contributed by atoms with van der Waals surface area (Å²) < 4.78 is 0. The minimum Gasteiger partial charge on any atom is -0.367 e. The Kier molecular flexibility index (Phi) is 4.05. The number of hydrogen-bond acceptors (Lipinski definition) is 4. The highest BCUT2D eigenvalue weighted by molar-refractivity contribution is 5.37. The van der Waals surface area contributed by atoms with E-state index >= 15 is 0 Å². The second kappa shape index (κ2) is 5.32. The number of rotatable bonds is 3. The van der Waals surface area contributed by atoms with Gasteiger partial charge in [-0.1, -0.05) is 13.8 Å². The predicted molar refractivity (Wildman–Crippen MR) is 84.1 cm³/mol. The summed E-state index contributed by atoms with van der Waals surface area (Å²) in [5.41, 5.74) is 1.38. The lowest BCUT2D eigenvalue weighted by Gasteiger charge is -2.46. The molecule has 0 atom stereocenters. The van der Waals surface area contributed by atoms with E-state index in [2.05, 4.69) is 68.2 Å². The van der Waals surface area contributed by atoms with Crippen molar-refractivity contribution in [1.29, 1.82) is 0 Å². The van der Waals surface area contributed by atoms with Crippen LogP contribution in [0.2, 0.25) is 0 Å². The minimum absolute atomic E-state index is 0.146. The van der Waals surface area contributed by atoms with Crippen molar-refractivity contribution in [3.05, 3.63) is 18.1 Å². The zero-order valence-electron chi connectivity index (χ0n) is 13.6. The van der Waals surface area contributed by atoms with Crippen LogP contribution in [0.5, 0.6) is 0 Å². The molecule has 1 saturated heterocycles. The fourth-order valence-electron chi connectivity index (χ4n) is 3.40. The zero-order valence-corrected chi connectivity index (χ0v) is 13.6. The van der Waals surface area contributed by atoms with Crippen molar-refractivity contribution in [2.45, 2.75) is 77.4 Å². The molecule has 1 aliphatic heterocycles. The van der Waals surface area contributed by atoms with Gasteiger partial charge in [0, 0.05) is 28.9 Å². The quantitative estimate of drug-likeness (QED) is 0.889. The van der Waals surface area contributed by atoms with Crippen LogP contribution in [0, 0.1) is 0 Å². The Bertz CT molecular complexity index is 449. The molecule has 0 aromatic carbocycles. The van der Waals surface area contributed by atoms with Crippen molar-refractivity contribution in [1.82, 2.24) is 15.3 Å². The minimum atomic E-state index is 0.146. The summed E-state index contributed by atoms with van der Waals surface area (Å²) in [5, 5.41) is 7.30. The van der Waals surface area contributed by atoms with Gasteiger partial charge in [-0.3, -0.25) is 0 Å². The van der Waals surface area contributed by atoms with E-state index in [-0.39, 0.29) is 11.1 Å². The van der Waals surface area contributed by atoms with Crippen LogP contribution in [0.15, 0.2) is 12.4 Å². The standard InChI is InChI=1S/C16H28N4/c1-11(2)13-7-14(18-10-17-13)19-12-8-15(3,4)20-16(5,6)9-12/h7,10-12,20H,8-9H2,1-6H3,(H,17,18,19). The first-order valence-corrected chi connectivity index (χ1v) is 7.55. The van der Waals surface area contributed by atoms with Gasteiger partial charge in [0.25, 0.3) is 0 Å². The highest BCUT2D eigenvalue weighted by Crippen LogP contribution is 2.30. The molecular formula is C16H28N4. The highest BCUT2D eigenvalue weighted by Gasteiger charge is 2.37. The summed E-state index contributed by atoms with van der Waals surface area (Å²) >= 11 is 0. The topological polar surface area (TPSA) is 49.8 Å². The van der Waals surface area contributed by atoms with Crippen molar-refractivity contribution in [3.63, 3.8) is 0 Å². The van der Waals surface area contributed by atoms with E-state index in [1.165, 1.54) is 0 Å². The van der Waals surface area contributed by atoms with Crippen molar-refractivity contribution in [2.75, 3.05) is 5.32 Å². The molecule has 0 bridgehead atoms. The number of anilines is 1. The van der Waals surface area contributed by atoms with E-state index in [1.54, 1.807) is 6.33 Å². The van der Waals surface area contributed by atoms with Crippen LogP contribution in [-0.4, -0.2) is 27.1 Å². The van der Waals surface area contributed by atoms with Crippen molar-refractivity contribution < 1.29 is 0 Å². The van der Waals surface area contributed by atoms with Crippen LogP contribution in [0.3, 0.4) is 0 Å². The first kappa shape index (κ1) is 15.2. The maximum absolute atomic E-state index is 4.37. The second-order valence-electron chi connectivity index (χ2n) is 7.63. The van der Waals surface area contributed by atoms with Gasteiger partial charge in [0.2, 0.25) is 0 Å². The molecule has 1 fully saturated rings. The van der Waals surface area contributed by atoms with Crippen LogP contribution in [0.1, 0.15) is 66.0 Å². The molecule has 0 amide bonds. The van der Waals surface area contributed by atoms with Crippen LogP contribution in [0.25, 0.3) is 0 Å². The fourth-order valence-corrected chi connectivity index (χ4v) is 3.40. The van der Waals surface area contributed by atoms with E-state index in [0.29, 0.717) is 12.0 Å². The lowest BCUT2D eigenvalue weighted by Crippen LogP contribution is -2.60. The number of nitrogens with one attached hydrogen (secondary N) is 2. The molecule has 4 nitrogen and oxygen atoms in total. The zero-order chi connectivity index (χ0) is 15.0. The highest BCUT2D eigenvalue weighted by atomic mass is 15.1. The smallest absolute Gasteiger partial charge is 0.129 e. The number of piperidine rings is 1. The van der Waals surface area contributed by atoms with Crippen LogP contribution in [-0.2, 0) is 0 Å². The lowest BCUT2D eigenvalue weighted by molar-refractivity contribution is 0.170. The van der Waals surface area contributed by atoms with Crippen molar-refractivity contribution >= 4 is 5.82 Å². The summed E-state index contributed by atoms with van der Waals surface area (Å²) in [6.07, 6.45) is 3.85. The molecule has 4 heteroatoms. The Morgan fingerprint density at radius 1 is 1.15 bits per heavy atom. The van der Waals surface area contributed by atoms with E-state index in [9.17, 15) is 0 Å². The second-order valence-corrected chi connectivity index (χ2v) is 7.63. The van der Waals surface area contributed by atoms with Crippen molar-refractivity contribution in [2.24, 2.45) is 0 Å². The van der Waals surface area contributed by atoms with Crippen molar-refractivity contribution in [3.8, 4) is 0 Å². The van der Waals surface area contributed by atoms with Gasteiger partial charge < -0.3 is 10.6 Å². The number of hydrogen-bond donors (Lipinski definition) is 2. The van der Waals surface area contributed by atoms with E-state index in [4.69, 9.17) is 0 Å². The van der Waals surface area contributed by atoms with Gasteiger partial charge in [0.15, 0.2) is 0 Å². The van der Waals surface area contributed by atoms with Crippen LogP contribution >= 0.6 is 0 Å². The van der Waals surface area contributed by atoms with Gasteiger partial charge in [0.05, 0.1) is 0 Å². The molecule has 2 heterocycles.